The standard InChI is InChI=1S/C9H8ClFO2/c1-5-2-3-7(11)6(9(5)10)4-8(12)13/h2-3H,4H2,1H3,(H,12,13). The van der Waals surface area contributed by atoms with Gasteiger partial charge in [-0.15, -0.1) is 0 Å². The van der Waals surface area contributed by atoms with Gasteiger partial charge in [-0.25, -0.2) is 4.39 Å². The van der Waals surface area contributed by atoms with E-state index >= 15 is 0 Å². The van der Waals surface area contributed by atoms with Gasteiger partial charge in [-0.3, -0.25) is 4.79 Å². The molecule has 0 saturated heterocycles. The maximum atomic E-state index is 13.0. The molecule has 0 aliphatic heterocycles. The van der Waals surface area contributed by atoms with Crippen LogP contribution in [-0.4, -0.2) is 11.1 Å². The minimum absolute atomic E-state index is 0.0502. The first-order valence-corrected chi connectivity index (χ1v) is 4.05. The van der Waals surface area contributed by atoms with E-state index in [1.807, 2.05) is 0 Å². The Morgan fingerprint density at radius 1 is 1.62 bits per heavy atom. The van der Waals surface area contributed by atoms with Crippen molar-refractivity contribution in [2.75, 3.05) is 0 Å². The van der Waals surface area contributed by atoms with Crippen molar-refractivity contribution in [1.29, 1.82) is 0 Å². The summed E-state index contributed by atoms with van der Waals surface area (Å²) < 4.78 is 13.0. The molecule has 0 radical (unpaired) electrons. The van der Waals surface area contributed by atoms with E-state index in [0.717, 1.165) is 0 Å². The van der Waals surface area contributed by atoms with Crippen molar-refractivity contribution in [3.05, 3.63) is 34.1 Å². The van der Waals surface area contributed by atoms with Gasteiger partial charge in [0.2, 0.25) is 0 Å². The van der Waals surface area contributed by atoms with Gasteiger partial charge in [0.1, 0.15) is 5.82 Å². The lowest BCUT2D eigenvalue weighted by Gasteiger charge is -2.05. The molecule has 0 spiro atoms. The van der Waals surface area contributed by atoms with Crippen LogP contribution in [0.25, 0.3) is 0 Å². The molecule has 1 N–H and O–H groups in total. The number of carbonyl (C=O) groups is 1. The summed E-state index contributed by atoms with van der Waals surface area (Å²) in [6.45, 7) is 1.70. The van der Waals surface area contributed by atoms with Crippen molar-refractivity contribution in [3.8, 4) is 0 Å². The number of rotatable bonds is 2. The lowest BCUT2D eigenvalue weighted by molar-refractivity contribution is -0.136. The fraction of sp³-hybridized carbons (Fsp3) is 0.222. The van der Waals surface area contributed by atoms with Crippen molar-refractivity contribution in [1.82, 2.24) is 0 Å². The Morgan fingerprint density at radius 3 is 2.77 bits per heavy atom. The summed E-state index contributed by atoms with van der Waals surface area (Å²) in [5.74, 6) is -1.66. The molecule has 0 bridgehead atoms. The first kappa shape index (κ1) is 9.99. The van der Waals surface area contributed by atoms with Crippen LogP contribution >= 0.6 is 11.6 Å². The Bertz CT molecular complexity index is 350. The molecule has 1 rings (SSSR count). The maximum Gasteiger partial charge on any atom is 0.307 e. The topological polar surface area (TPSA) is 37.3 Å². The van der Waals surface area contributed by atoms with Gasteiger partial charge in [-0.2, -0.15) is 0 Å². The Labute approximate surface area is 80.0 Å². The summed E-state index contributed by atoms with van der Waals surface area (Å²) in [5, 5.41) is 8.68. The number of carboxylic acids is 1. The molecule has 0 atom stereocenters. The molecular weight excluding hydrogens is 195 g/mol. The number of carboxylic acid groups (broad SMARTS) is 1. The van der Waals surface area contributed by atoms with Crippen molar-refractivity contribution < 1.29 is 14.3 Å². The Morgan fingerprint density at radius 2 is 2.23 bits per heavy atom. The van der Waals surface area contributed by atoms with Crippen LogP contribution in [0.5, 0.6) is 0 Å². The van der Waals surface area contributed by atoms with Crippen LogP contribution in [0.15, 0.2) is 12.1 Å². The van der Waals surface area contributed by atoms with Gasteiger partial charge >= 0.3 is 5.97 Å². The monoisotopic (exact) mass is 202 g/mol. The van der Waals surface area contributed by atoms with E-state index in [-0.39, 0.29) is 17.0 Å². The highest BCUT2D eigenvalue weighted by atomic mass is 35.5. The molecule has 0 unspecified atom stereocenters. The van der Waals surface area contributed by atoms with Gasteiger partial charge in [0.15, 0.2) is 0 Å². The van der Waals surface area contributed by atoms with Crippen LogP contribution in [0.3, 0.4) is 0 Å². The number of aryl methyl sites for hydroxylation is 1. The molecule has 0 aromatic heterocycles. The third kappa shape index (κ3) is 2.18. The predicted octanol–water partition coefficient (Wildman–Crippen LogP) is 2.41. The van der Waals surface area contributed by atoms with Gasteiger partial charge in [0.25, 0.3) is 0 Å². The molecule has 4 heteroatoms. The summed E-state index contributed by atoms with van der Waals surface area (Å²) in [7, 11) is 0. The van der Waals surface area contributed by atoms with Gasteiger partial charge in [0, 0.05) is 5.56 Å². The highest BCUT2D eigenvalue weighted by molar-refractivity contribution is 6.32. The predicted molar refractivity (Wildman–Crippen MR) is 47.5 cm³/mol. The third-order valence-electron chi connectivity index (χ3n) is 1.71. The van der Waals surface area contributed by atoms with Gasteiger partial charge in [-0.05, 0) is 18.6 Å². The zero-order valence-corrected chi connectivity index (χ0v) is 7.73. The second-order valence-electron chi connectivity index (χ2n) is 2.73. The Kier molecular flexibility index (Phi) is 2.88. The van der Waals surface area contributed by atoms with E-state index in [2.05, 4.69) is 0 Å². The highest BCUT2D eigenvalue weighted by Gasteiger charge is 2.12. The zero-order valence-electron chi connectivity index (χ0n) is 6.97. The zero-order chi connectivity index (χ0) is 10.0. The highest BCUT2D eigenvalue weighted by Crippen LogP contribution is 2.23. The van der Waals surface area contributed by atoms with Crippen molar-refractivity contribution in [2.24, 2.45) is 0 Å². The van der Waals surface area contributed by atoms with Crippen molar-refractivity contribution in [2.45, 2.75) is 13.3 Å². The van der Waals surface area contributed by atoms with Crippen LogP contribution in [0, 0.1) is 12.7 Å². The number of halogens is 2. The smallest absolute Gasteiger partial charge is 0.307 e. The molecule has 1 aromatic rings. The summed E-state index contributed by atoms with van der Waals surface area (Å²) in [6, 6.07) is 2.74. The largest absolute Gasteiger partial charge is 0.481 e. The van der Waals surface area contributed by atoms with Gasteiger partial charge in [0.05, 0.1) is 11.4 Å². The number of benzene rings is 1. The second kappa shape index (κ2) is 3.75. The van der Waals surface area contributed by atoms with Crippen LogP contribution in [0.1, 0.15) is 11.1 Å². The summed E-state index contributed by atoms with van der Waals surface area (Å²) >= 11 is 5.74. The quantitative estimate of drug-likeness (QED) is 0.800. The van der Waals surface area contributed by atoms with E-state index in [4.69, 9.17) is 16.7 Å². The molecule has 0 saturated carbocycles. The molecule has 0 amide bonds. The Hall–Kier alpha value is -1.09. The van der Waals surface area contributed by atoms with E-state index in [1.54, 1.807) is 6.92 Å². The van der Waals surface area contributed by atoms with Crippen LogP contribution in [-0.2, 0) is 11.2 Å². The van der Waals surface area contributed by atoms with E-state index in [0.29, 0.717) is 5.56 Å². The summed E-state index contributed by atoms with van der Waals surface area (Å²) in [5.41, 5.74) is 0.730. The number of hydrogen-bond donors (Lipinski definition) is 1. The van der Waals surface area contributed by atoms with Crippen molar-refractivity contribution in [3.63, 3.8) is 0 Å². The first-order valence-electron chi connectivity index (χ1n) is 3.67. The molecule has 0 heterocycles. The van der Waals surface area contributed by atoms with E-state index in [9.17, 15) is 9.18 Å². The van der Waals surface area contributed by atoms with E-state index < -0.39 is 11.8 Å². The molecule has 13 heavy (non-hydrogen) atoms. The van der Waals surface area contributed by atoms with Crippen LogP contribution in [0.4, 0.5) is 4.39 Å². The SMILES string of the molecule is Cc1ccc(F)c(CC(=O)O)c1Cl. The number of hydrogen-bond acceptors (Lipinski definition) is 1. The molecular formula is C9H8ClFO2. The van der Waals surface area contributed by atoms with Gasteiger partial charge in [-0.1, -0.05) is 17.7 Å². The average molecular weight is 203 g/mol. The first-order chi connectivity index (χ1) is 6.02. The molecule has 0 aliphatic rings. The fourth-order valence-electron chi connectivity index (χ4n) is 1.03. The van der Waals surface area contributed by atoms with E-state index in [1.165, 1.54) is 12.1 Å². The third-order valence-corrected chi connectivity index (χ3v) is 2.23. The molecule has 0 aliphatic carbocycles. The van der Waals surface area contributed by atoms with Gasteiger partial charge < -0.3 is 5.11 Å². The second-order valence-corrected chi connectivity index (χ2v) is 3.11. The minimum Gasteiger partial charge on any atom is -0.481 e. The minimum atomic E-state index is -1.09. The normalized spacial score (nSPS) is 10.1. The molecule has 1 aromatic carbocycles. The van der Waals surface area contributed by atoms with Crippen LogP contribution in [0.2, 0.25) is 5.02 Å². The maximum absolute atomic E-state index is 13.0. The molecule has 2 nitrogen and oxygen atoms in total. The number of aliphatic carboxylic acids is 1. The fourth-order valence-corrected chi connectivity index (χ4v) is 1.25. The lowest BCUT2D eigenvalue weighted by atomic mass is 10.1. The Balaban J connectivity index is 3.17. The summed E-state index contributed by atoms with van der Waals surface area (Å²) in [4.78, 5) is 10.4. The lowest BCUT2D eigenvalue weighted by Crippen LogP contribution is -2.04. The summed E-state index contributed by atoms with van der Waals surface area (Å²) in [6.07, 6.45) is -0.383. The van der Waals surface area contributed by atoms with Crippen LogP contribution < -0.4 is 0 Å². The molecule has 70 valence electrons. The molecule has 0 fully saturated rings. The van der Waals surface area contributed by atoms with Crippen molar-refractivity contribution >= 4 is 17.6 Å². The average Bonchev–Trinajstić information content (AvgIpc) is 2.05.